The van der Waals surface area contributed by atoms with Crippen LogP contribution in [0.5, 0.6) is 5.75 Å². The van der Waals surface area contributed by atoms with Crippen LogP contribution in [0.2, 0.25) is 0 Å². The van der Waals surface area contributed by atoms with Crippen molar-refractivity contribution in [2.24, 2.45) is 0 Å². The number of nitrogens with zero attached hydrogens (tertiary/aromatic N) is 1. The Bertz CT molecular complexity index is 517. The predicted molar refractivity (Wildman–Crippen MR) is 78.4 cm³/mol. The van der Waals surface area contributed by atoms with Gasteiger partial charge in [-0.15, -0.1) is 0 Å². The molecule has 0 aliphatic heterocycles. The lowest BCUT2D eigenvalue weighted by Gasteiger charge is -2.08. The van der Waals surface area contributed by atoms with E-state index in [-0.39, 0.29) is 0 Å². The molecular formula is C16H18N2O. The summed E-state index contributed by atoms with van der Waals surface area (Å²) in [5.74, 6) is 0.862. The summed E-state index contributed by atoms with van der Waals surface area (Å²) in [6.45, 7) is 6.90. The number of nitrogens with one attached hydrogen (secondary N) is 1. The van der Waals surface area contributed by atoms with E-state index in [1.807, 2.05) is 49.5 Å². The number of anilines is 1. The molecule has 1 N–H and O–H groups in total. The Morgan fingerprint density at radius 3 is 2.63 bits per heavy atom. The zero-order valence-electron chi connectivity index (χ0n) is 11.1. The molecule has 3 nitrogen and oxygen atoms in total. The van der Waals surface area contributed by atoms with Crippen LogP contribution >= 0.6 is 0 Å². The van der Waals surface area contributed by atoms with E-state index in [0.717, 1.165) is 23.7 Å². The standard InChI is InChI=1S/C16H18N2O/c1-3-10-19-16-8-5-14(6-9-16)11-18-15-7-4-13(2)17-12-15/h3-9,12,18H,1,10-11H2,2H3. The summed E-state index contributed by atoms with van der Waals surface area (Å²) < 4.78 is 5.44. The van der Waals surface area contributed by atoms with Gasteiger partial charge in [0, 0.05) is 12.2 Å². The molecule has 98 valence electrons. The monoisotopic (exact) mass is 254 g/mol. The van der Waals surface area contributed by atoms with E-state index in [1.165, 1.54) is 5.56 Å². The third-order valence-corrected chi connectivity index (χ3v) is 2.70. The molecule has 1 heterocycles. The van der Waals surface area contributed by atoms with E-state index in [9.17, 15) is 0 Å². The van der Waals surface area contributed by atoms with Crippen molar-refractivity contribution in [2.45, 2.75) is 13.5 Å². The summed E-state index contributed by atoms with van der Waals surface area (Å²) in [6.07, 6.45) is 3.58. The van der Waals surface area contributed by atoms with E-state index in [4.69, 9.17) is 4.74 Å². The highest BCUT2D eigenvalue weighted by atomic mass is 16.5. The molecular weight excluding hydrogens is 236 g/mol. The van der Waals surface area contributed by atoms with Crippen LogP contribution in [0, 0.1) is 6.92 Å². The molecule has 0 unspecified atom stereocenters. The lowest BCUT2D eigenvalue weighted by molar-refractivity contribution is 0.363. The number of aromatic nitrogens is 1. The number of hydrogen-bond acceptors (Lipinski definition) is 3. The topological polar surface area (TPSA) is 34.1 Å². The Morgan fingerprint density at radius 1 is 1.21 bits per heavy atom. The van der Waals surface area contributed by atoms with E-state index in [2.05, 4.69) is 16.9 Å². The summed E-state index contributed by atoms with van der Waals surface area (Å²) >= 11 is 0. The molecule has 0 amide bonds. The largest absolute Gasteiger partial charge is 0.490 e. The van der Waals surface area contributed by atoms with Crippen LogP contribution < -0.4 is 10.1 Å². The first-order valence-corrected chi connectivity index (χ1v) is 6.27. The smallest absolute Gasteiger partial charge is 0.119 e. The Balaban J connectivity index is 1.89. The van der Waals surface area contributed by atoms with Gasteiger partial charge >= 0.3 is 0 Å². The van der Waals surface area contributed by atoms with Crippen LogP contribution in [0.1, 0.15) is 11.3 Å². The Labute approximate surface area is 114 Å². The summed E-state index contributed by atoms with van der Waals surface area (Å²) in [6, 6.07) is 12.1. The molecule has 0 atom stereocenters. The summed E-state index contributed by atoms with van der Waals surface area (Å²) in [4.78, 5) is 4.25. The first-order valence-electron chi connectivity index (χ1n) is 6.27. The van der Waals surface area contributed by atoms with Crippen molar-refractivity contribution in [2.75, 3.05) is 11.9 Å². The second-order valence-electron chi connectivity index (χ2n) is 4.29. The molecule has 0 saturated carbocycles. The van der Waals surface area contributed by atoms with Crippen LogP contribution in [-0.4, -0.2) is 11.6 Å². The van der Waals surface area contributed by atoms with Crippen molar-refractivity contribution in [3.05, 3.63) is 66.5 Å². The average Bonchev–Trinajstić information content (AvgIpc) is 2.46. The van der Waals surface area contributed by atoms with Crippen LogP contribution in [0.4, 0.5) is 5.69 Å². The zero-order chi connectivity index (χ0) is 13.5. The molecule has 2 aromatic rings. The molecule has 0 saturated heterocycles. The van der Waals surface area contributed by atoms with Crippen LogP contribution in [0.15, 0.2) is 55.3 Å². The first-order chi connectivity index (χ1) is 9.28. The van der Waals surface area contributed by atoms with Gasteiger partial charge in [0.1, 0.15) is 12.4 Å². The van der Waals surface area contributed by atoms with Gasteiger partial charge in [0.25, 0.3) is 0 Å². The van der Waals surface area contributed by atoms with Gasteiger partial charge in [0.05, 0.1) is 11.9 Å². The number of benzene rings is 1. The summed E-state index contributed by atoms with van der Waals surface area (Å²) in [5.41, 5.74) is 3.25. The van der Waals surface area contributed by atoms with Crippen molar-refractivity contribution in [1.29, 1.82) is 0 Å². The van der Waals surface area contributed by atoms with Crippen LogP contribution in [-0.2, 0) is 6.54 Å². The third-order valence-electron chi connectivity index (χ3n) is 2.70. The molecule has 0 fully saturated rings. The van der Waals surface area contributed by atoms with Crippen molar-refractivity contribution >= 4 is 5.69 Å². The fourth-order valence-corrected chi connectivity index (χ4v) is 1.64. The molecule has 0 radical (unpaired) electrons. The second kappa shape index (κ2) is 6.59. The fraction of sp³-hybridized carbons (Fsp3) is 0.188. The number of ether oxygens (including phenoxy) is 1. The second-order valence-corrected chi connectivity index (χ2v) is 4.29. The molecule has 1 aromatic heterocycles. The molecule has 0 aliphatic rings. The highest BCUT2D eigenvalue weighted by molar-refractivity contribution is 5.42. The normalized spacial score (nSPS) is 9.95. The molecule has 1 aromatic carbocycles. The minimum absolute atomic E-state index is 0.534. The van der Waals surface area contributed by atoms with Gasteiger partial charge in [-0.2, -0.15) is 0 Å². The number of aryl methyl sites for hydroxylation is 1. The van der Waals surface area contributed by atoms with E-state index in [0.29, 0.717) is 6.61 Å². The minimum Gasteiger partial charge on any atom is -0.490 e. The Morgan fingerprint density at radius 2 is 2.00 bits per heavy atom. The SMILES string of the molecule is C=CCOc1ccc(CNc2ccc(C)nc2)cc1. The van der Waals surface area contributed by atoms with Gasteiger partial charge < -0.3 is 10.1 Å². The van der Waals surface area contributed by atoms with E-state index < -0.39 is 0 Å². The Kier molecular flexibility index (Phi) is 4.56. The summed E-state index contributed by atoms with van der Waals surface area (Å²) in [5, 5.41) is 3.33. The average molecular weight is 254 g/mol. The maximum Gasteiger partial charge on any atom is 0.119 e. The number of hydrogen-bond donors (Lipinski definition) is 1. The Hall–Kier alpha value is -2.29. The minimum atomic E-state index is 0.534. The van der Waals surface area contributed by atoms with Crippen LogP contribution in [0.25, 0.3) is 0 Å². The van der Waals surface area contributed by atoms with Crippen LogP contribution in [0.3, 0.4) is 0 Å². The number of pyridine rings is 1. The van der Waals surface area contributed by atoms with E-state index in [1.54, 1.807) is 6.08 Å². The lowest BCUT2D eigenvalue weighted by Crippen LogP contribution is -2.00. The third kappa shape index (κ3) is 4.14. The van der Waals surface area contributed by atoms with Gasteiger partial charge in [-0.05, 0) is 36.8 Å². The molecule has 0 bridgehead atoms. The van der Waals surface area contributed by atoms with Crippen molar-refractivity contribution in [3.63, 3.8) is 0 Å². The van der Waals surface area contributed by atoms with Gasteiger partial charge in [-0.1, -0.05) is 24.8 Å². The van der Waals surface area contributed by atoms with Gasteiger partial charge in [0.15, 0.2) is 0 Å². The molecule has 0 aliphatic carbocycles. The number of rotatable bonds is 6. The summed E-state index contributed by atoms with van der Waals surface area (Å²) in [7, 11) is 0. The van der Waals surface area contributed by atoms with E-state index >= 15 is 0 Å². The lowest BCUT2D eigenvalue weighted by atomic mass is 10.2. The maximum absolute atomic E-state index is 5.44. The van der Waals surface area contributed by atoms with Crippen molar-refractivity contribution in [1.82, 2.24) is 4.98 Å². The molecule has 3 heteroatoms. The quantitative estimate of drug-likeness (QED) is 0.800. The maximum atomic E-state index is 5.44. The highest BCUT2D eigenvalue weighted by Crippen LogP contribution is 2.14. The highest BCUT2D eigenvalue weighted by Gasteiger charge is 1.96. The van der Waals surface area contributed by atoms with Gasteiger partial charge in [-0.25, -0.2) is 0 Å². The van der Waals surface area contributed by atoms with Crippen molar-refractivity contribution < 1.29 is 4.74 Å². The van der Waals surface area contributed by atoms with Gasteiger partial charge in [-0.3, -0.25) is 4.98 Å². The van der Waals surface area contributed by atoms with Crippen molar-refractivity contribution in [3.8, 4) is 5.75 Å². The van der Waals surface area contributed by atoms with Gasteiger partial charge in [0.2, 0.25) is 0 Å². The molecule has 19 heavy (non-hydrogen) atoms. The predicted octanol–water partition coefficient (Wildman–Crippen LogP) is 3.57. The first kappa shape index (κ1) is 13.1. The fourth-order valence-electron chi connectivity index (χ4n) is 1.64. The molecule has 2 rings (SSSR count). The molecule has 0 spiro atoms. The zero-order valence-corrected chi connectivity index (χ0v) is 11.1.